The second-order valence-corrected chi connectivity index (χ2v) is 8.96. The molecule has 4 aromatic rings. The number of rotatable bonds is 5. The lowest BCUT2D eigenvalue weighted by Gasteiger charge is -2.08. The van der Waals surface area contributed by atoms with Gasteiger partial charge in [0.05, 0.1) is 6.33 Å². The Morgan fingerprint density at radius 3 is 2.71 bits per heavy atom. The molecule has 0 spiro atoms. The molecule has 0 fully saturated rings. The molecule has 0 N–H and O–H groups in total. The van der Waals surface area contributed by atoms with Crippen LogP contribution < -0.4 is 11.2 Å². The molecule has 0 unspecified atom stereocenters. The second kappa shape index (κ2) is 7.17. The van der Waals surface area contributed by atoms with E-state index in [-0.39, 0.29) is 11.2 Å². The van der Waals surface area contributed by atoms with Gasteiger partial charge in [0.1, 0.15) is 16.2 Å². The molecule has 0 atom stereocenters. The van der Waals surface area contributed by atoms with Gasteiger partial charge in [0.2, 0.25) is 0 Å². The summed E-state index contributed by atoms with van der Waals surface area (Å²) in [5.74, 6) is 0.749. The molecule has 0 aliphatic heterocycles. The summed E-state index contributed by atoms with van der Waals surface area (Å²) in [5, 5.41) is 2.06. The van der Waals surface area contributed by atoms with E-state index in [0.717, 1.165) is 21.0 Å². The summed E-state index contributed by atoms with van der Waals surface area (Å²) in [4.78, 5) is 40.5. The Hall–Kier alpha value is -2.46. The number of nitrogens with zero attached hydrogens (tertiary/aromatic N) is 6. The van der Waals surface area contributed by atoms with Crippen LogP contribution in [0.25, 0.3) is 21.4 Å². The van der Waals surface area contributed by atoms with Crippen LogP contribution in [0.15, 0.2) is 27.3 Å². The van der Waals surface area contributed by atoms with Gasteiger partial charge in [0, 0.05) is 36.7 Å². The average molecular weight is 417 g/mol. The van der Waals surface area contributed by atoms with Crippen LogP contribution in [-0.4, -0.2) is 34.4 Å². The molecule has 28 heavy (non-hydrogen) atoms. The van der Waals surface area contributed by atoms with Crippen molar-refractivity contribution >= 4 is 44.5 Å². The molecular weight excluding hydrogens is 396 g/mol. The second-order valence-electron chi connectivity index (χ2n) is 6.67. The van der Waals surface area contributed by atoms with Gasteiger partial charge in [-0.25, -0.2) is 19.7 Å². The zero-order valence-electron chi connectivity index (χ0n) is 16.1. The lowest BCUT2D eigenvalue weighted by molar-refractivity contribution is 0.594. The average Bonchev–Trinajstić information content (AvgIpc) is 3.20. The van der Waals surface area contributed by atoms with E-state index in [1.807, 2.05) is 0 Å². The van der Waals surface area contributed by atoms with E-state index in [9.17, 15) is 9.59 Å². The first-order valence-corrected chi connectivity index (χ1v) is 10.6. The van der Waals surface area contributed by atoms with Crippen molar-refractivity contribution < 1.29 is 0 Å². The molecule has 0 aromatic carbocycles. The Balaban J connectivity index is 1.55. The van der Waals surface area contributed by atoms with E-state index >= 15 is 0 Å². The summed E-state index contributed by atoms with van der Waals surface area (Å²) in [6, 6.07) is 0. The van der Waals surface area contributed by atoms with Crippen molar-refractivity contribution in [3.63, 3.8) is 0 Å². The predicted octanol–water partition coefficient (Wildman–Crippen LogP) is 2.24. The lowest BCUT2D eigenvalue weighted by atomic mass is 10.2. The SMILES string of the molecule is Cc1sc2ncnc(SCCCn3c(=O)c4c(ncn4C)n(C)c3=O)c2c1C. The summed E-state index contributed by atoms with van der Waals surface area (Å²) in [5.41, 5.74) is 1.44. The van der Waals surface area contributed by atoms with Crippen LogP contribution >= 0.6 is 23.1 Å². The minimum Gasteiger partial charge on any atom is -0.328 e. The molecule has 0 saturated heterocycles. The van der Waals surface area contributed by atoms with Crippen molar-refractivity contribution in [1.29, 1.82) is 0 Å². The largest absolute Gasteiger partial charge is 0.332 e. The van der Waals surface area contributed by atoms with Crippen molar-refractivity contribution in [2.45, 2.75) is 31.8 Å². The van der Waals surface area contributed by atoms with Gasteiger partial charge >= 0.3 is 5.69 Å². The number of aromatic nitrogens is 6. The van der Waals surface area contributed by atoms with Crippen LogP contribution in [0.4, 0.5) is 0 Å². The standard InChI is InChI=1S/C18H20N6O2S2/c1-10-11(2)28-16-12(10)15(19-8-20-16)27-7-5-6-24-17(25)13-14(21-9-22(13)3)23(4)18(24)26/h8-9H,5-7H2,1-4H3. The summed E-state index contributed by atoms with van der Waals surface area (Å²) in [6.45, 7) is 4.54. The number of thiophene rings is 1. The highest BCUT2D eigenvalue weighted by molar-refractivity contribution is 7.99. The predicted molar refractivity (Wildman–Crippen MR) is 112 cm³/mol. The van der Waals surface area contributed by atoms with E-state index in [1.54, 1.807) is 54.4 Å². The molecule has 0 saturated carbocycles. The van der Waals surface area contributed by atoms with Crippen molar-refractivity contribution in [3.8, 4) is 0 Å². The number of hydrogen-bond donors (Lipinski definition) is 0. The molecule has 0 aliphatic carbocycles. The molecule has 0 aliphatic rings. The van der Waals surface area contributed by atoms with Gasteiger partial charge in [-0.15, -0.1) is 23.1 Å². The zero-order chi connectivity index (χ0) is 20.0. The Labute approximate surface area is 168 Å². The van der Waals surface area contributed by atoms with E-state index < -0.39 is 0 Å². The lowest BCUT2D eigenvalue weighted by Crippen LogP contribution is -2.39. The Morgan fingerprint density at radius 1 is 1.14 bits per heavy atom. The van der Waals surface area contributed by atoms with Crippen LogP contribution in [0, 0.1) is 13.8 Å². The number of imidazole rings is 1. The molecule has 10 heteroatoms. The maximum Gasteiger partial charge on any atom is 0.332 e. The monoisotopic (exact) mass is 416 g/mol. The Morgan fingerprint density at radius 2 is 1.93 bits per heavy atom. The van der Waals surface area contributed by atoms with E-state index in [0.29, 0.717) is 24.1 Å². The fourth-order valence-corrected chi connectivity index (χ4v) is 5.29. The molecule has 0 bridgehead atoms. The zero-order valence-corrected chi connectivity index (χ0v) is 17.7. The van der Waals surface area contributed by atoms with Gasteiger partial charge in [-0.05, 0) is 25.8 Å². The normalized spacial score (nSPS) is 11.7. The van der Waals surface area contributed by atoms with Crippen LogP contribution in [0.1, 0.15) is 16.9 Å². The van der Waals surface area contributed by atoms with Crippen LogP contribution in [-0.2, 0) is 20.6 Å². The molecule has 146 valence electrons. The van der Waals surface area contributed by atoms with Gasteiger partial charge in [-0.3, -0.25) is 13.9 Å². The maximum absolute atomic E-state index is 12.7. The van der Waals surface area contributed by atoms with Gasteiger partial charge in [0.25, 0.3) is 5.56 Å². The highest BCUT2D eigenvalue weighted by atomic mass is 32.2. The third-order valence-electron chi connectivity index (χ3n) is 4.90. The molecule has 4 aromatic heterocycles. The van der Waals surface area contributed by atoms with Crippen molar-refractivity contribution in [2.75, 3.05) is 5.75 Å². The summed E-state index contributed by atoms with van der Waals surface area (Å²) < 4.78 is 4.37. The Bertz CT molecular complexity index is 1310. The third kappa shape index (κ3) is 2.96. The first-order valence-electron chi connectivity index (χ1n) is 8.84. The quantitative estimate of drug-likeness (QED) is 0.282. The first kappa shape index (κ1) is 18.9. The van der Waals surface area contributed by atoms with Crippen LogP contribution in [0.5, 0.6) is 0 Å². The number of hydrogen-bond acceptors (Lipinski definition) is 7. The van der Waals surface area contributed by atoms with Crippen LogP contribution in [0.2, 0.25) is 0 Å². The number of aryl methyl sites for hydroxylation is 4. The highest BCUT2D eigenvalue weighted by Crippen LogP contribution is 2.34. The molecule has 8 nitrogen and oxygen atoms in total. The molecule has 4 heterocycles. The highest BCUT2D eigenvalue weighted by Gasteiger charge is 2.15. The smallest absolute Gasteiger partial charge is 0.328 e. The van der Waals surface area contributed by atoms with Crippen LogP contribution in [0.3, 0.4) is 0 Å². The van der Waals surface area contributed by atoms with Gasteiger partial charge in [-0.1, -0.05) is 0 Å². The van der Waals surface area contributed by atoms with Gasteiger partial charge < -0.3 is 4.57 Å². The minimum atomic E-state index is -0.338. The summed E-state index contributed by atoms with van der Waals surface area (Å²) in [6.07, 6.45) is 3.82. The fraction of sp³-hybridized carbons (Fsp3) is 0.389. The van der Waals surface area contributed by atoms with E-state index in [4.69, 9.17) is 0 Å². The number of thioether (sulfide) groups is 1. The van der Waals surface area contributed by atoms with E-state index in [2.05, 4.69) is 28.8 Å². The van der Waals surface area contributed by atoms with Crippen molar-refractivity contribution in [2.24, 2.45) is 14.1 Å². The van der Waals surface area contributed by atoms with E-state index in [1.165, 1.54) is 19.6 Å². The molecular formula is C18H20N6O2S2. The summed E-state index contributed by atoms with van der Waals surface area (Å²) >= 11 is 3.31. The minimum absolute atomic E-state index is 0.295. The first-order chi connectivity index (χ1) is 13.4. The molecule has 0 radical (unpaired) electrons. The number of fused-ring (bicyclic) bond motifs is 2. The van der Waals surface area contributed by atoms with Crippen molar-refractivity contribution in [1.82, 2.24) is 28.7 Å². The third-order valence-corrected chi connectivity index (χ3v) is 7.09. The summed E-state index contributed by atoms with van der Waals surface area (Å²) in [7, 11) is 3.40. The molecule has 4 rings (SSSR count). The van der Waals surface area contributed by atoms with Gasteiger partial charge in [-0.2, -0.15) is 0 Å². The topological polar surface area (TPSA) is 87.6 Å². The molecule has 0 amide bonds. The Kier molecular flexibility index (Phi) is 4.84. The van der Waals surface area contributed by atoms with Crippen molar-refractivity contribution in [3.05, 3.63) is 43.9 Å². The van der Waals surface area contributed by atoms with Gasteiger partial charge in [0.15, 0.2) is 11.2 Å². The maximum atomic E-state index is 12.7. The fourth-order valence-electron chi connectivity index (χ4n) is 3.24.